The molecule has 0 radical (unpaired) electrons. The Kier molecular flexibility index (Phi) is 3.70. The molecule has 1 amide bonds. The number of nitrogens with zero attached hydrogens (tertiary/aromatic N) is 4. The van der Waals surface area contributed by atoms with E-state index in [9.17, 15) is 4.79 Å². The zero-order valence-electron chi connectivity index (χ0n) is 12.0. The number of pyridine rings is 1. The molecule has 3 aromatic rings. The van der Waals surface area contributed by atoms with Gasteiger partial charge in [0.05, 0.1) is 22.6 Å². The van der Waals surface area contributed by atoms with Gasteiger partial charge in [-0.05, 0) is 12.1 Å². The summed E-state index contributed by atoms with van der Waals surface area (Å²) in [6.07, 6.45) is 4.60. The summed E-state index contributed by atoms with van der Waals surface area (Å²) in [5.74, 6) is 0.0774. The second-order valence-corrected chi connectivity index (χ2v) is 5.83. The maximum Gasteiger partial charge on any atom is 0.219 e. The number of likely N-dealkylation sites (N-methyl/N-ethyl adjacent to an activating group) is 1. The lowest BCUT2D eigenvalue weighted by Crippen LogP contribution is -2.26. The maximum absolute atomic E-state index is 11.2. The summed E-state index contributed by atoms with van der Waals surface area (Å²) in [4.78, 5) is 21.9. The molecule has 0 aliphatic rings. The minimum atomic E-state index is 0.0774. The number of carbonyl (C=O) groups excluding carboxylic acids is 1. The summed E-state index contributed by atoms with van der Waals surface area (Å²) in [7, 11) is 1.81. The van der Waals surface area contributed by atoms with E-state index in [1.807, 2.05) is 40.4 Å². The lowest BCUT2D eigenvalue weighted by Gasteiger charge is -2.12. The molecule has 0 aliphatic heterocycles. The summed E-state index contributed by atoms with van der Waals surface area (Å²) in [5, 5.41) is 3.07. The molecule has 0 N–H and O–H groups in total. The quantitative estimate of drug-likeness (QED) is 0.744. The number of aromatic nitrogens is 3. The lowest BCUT2D eigenvalue weighted by molar-refractivity contribution is -0.127. The van der Waals surface area contributed by atoms with E-state index >= 15 is 0 Å². The Morgan fingerprint density at radius 1 is 1.43 bits per heavy atom. The molecule has 3 rings (SSSR count). The Bertz CT molecular complexity index is 777. The van der Waals surface area contributed by atoms with E-state index in [4.69, 9.17) is 0 Å². The minimum absolute atomic E-state index is 0.0774. The van der Waals surface area contributed by atoms with Crippen molar-refractivity contribution in [2.75, 3.05) is 13.6 Å². The zero-order chi connectivity index (χ0) is 14.8. The van der Waals surface area contributed by atoms with Gasteiger partial charge in [-0.3, -0.25) is 9.20 Å². The molecule has 3 heterocycles. The largest absolute Gasteiger partial charge is 0.346 e. The molecule has 6 heteroatoms. The van der Waals surface area contributed by atoms with Crippen molar-refractivity contribution in [3.8, 4) is 11.4 Å². The zero-order valence-corrected chi connectivity index (χ0v) is 12.8. The van der Waals surface area contributed by atoms with Crippen LogP contribution in [0, 0.1) is 0 Å². The molecule has 0 saturated carbocycles. The number of hydrogen-bond acceptors (Lipinski definition) is 4. The van der Waals surface area contributed by atoms with Gasteiger partial charge in [-0.1, -0.05) is 6.07 Å². The Balaban J connectivity index is 1.80. The van der Waals surface area contributed by atoms with Crippen LogP contribution in [0.3, 0.4) is 0 Å². The van der Waals surface area contributed by atoms with E-state index in [0.29, 0.717) is 6.54 Å². The molecule has 21 heavy (non-hydrogen) atoms. The molecule has 5 nitrogen and oxygen atoms in total. The van der Waals surface area contributed by atoms with Crippen molar-refractivity contribution in [3.63, 3.8) is 0 Å². The van der Waals surface area contributed by atoms with Crippen LogP contribution in [0.25, 0.3) is 17.0 Å². The summed E-state index contributed by atoms with van der Waals surface area (Å²) in [6, 6.07) is 5.92. The van der Waals surface area contributed by atoms with Crippen LogP contribution in [0.5, 0.6) is 0 Å². The first-order valence-corrected chi connectivity index (χ1v) is 7.61. The monoisotopic (exact) mass is 300 g/mol. The van der Waals surface area contributed by atoms with Crippen molar-refractivity contribution < 1.29 is 4.79 Å². The van der Waals surface area contributed by atoms with Gasteiger partial charge < -0.3 is 4.90 Å². The van der Waals surface area contributed by atoms with E-state index in [2.05, 4.69) is 9.97 Å². The lowest BCUT2D eigenvalue weighted by atomic mass is 10.3. The van der Waals surface area contributed by atoms with Crippen LogP contribution < -0.4 is 0 Å². The van der Waals surface area contributed by atoms with Gasteiger partial charge in [0.1, 0.15) is 5.65 Å². The van der Waals surface area contributed by atoms with E-state index in [1.54, 1.807) is 30.2 Å². The number of imidazole rings is 1. The van der Waals surface area contributed by atoms with Crippen molar-refractivity contribution in [2.24, 2.45) is 0 Å². The van der Waals surface area contributed by atoms with Gasteiger partial charge in [0.25, 0.3) is 0 Å². The van der Waals surface area contributed by atoms with Crippen molar-refractivity contribution >= 4 is 22.9 Å². The predicted molar refractivity (Wildman–Crippen MR) is 83.3 cm³/mol. The predicted octanol–water partition coefficient (Wildman–Crippen LogP) is 2.48. The molecule has 0 aliphatic carbocycles. The molecule has 0 bridgehead atoms. The van der Waals surface area contributed by atoms with E-state index < -0.39 is 0 Å². The smallest absolute Gasteiger partial charge is 0.219 e. The summed E-state index contributed by atoms with van der Waals surface area (Å²) < 4.78 is 2.03. The fourth-order valence-corrected chi connectivity index (χ4v) is 2.87. The number of rotatable bonds is 4. The second-order valence-electron chi connectivity index (χ2n) is 4.89. The topological polar surface area (TPSA) is 50.5 Å². The van der Waals surface area contributed by atoms with Gasteiger partial charge in [-0.15, -0.1) is 11.3 Å². The maximum atomic E-state index is 11.2. The Hall–Kier alpha value is -2.21. The molecule has 0 spiro atoms. The first kappa shape index (κ1) is 13.8. The normalized spacial score (nSPS) is 11.0. The van der Waals surface area contributed by atoms with Crippen molar-refractivity contribution in [2.45, 2.75) is 13.3 Å². The SMILES string of the molecule is CC(=O)N(C)CCc1nc(-c2cnc3ccccn23)cs1. The van der Waals surface area contributed by atoms with Crippen LogP contribution in [0.15, 0.2) is 36.0 Å². The second kappa shape index (κ2) is 5.65. The highest BCUT2D eigenvalue weighted by Crippen LogP contribution is 2.23. The van der Waals surface area contributed by atoms with Crippen LogP contribution in [0.1, 0.15) is 11.9 Å². The highest BCUT2D eigenvalue weighted by Gasteiger charge is 2.10. The van der Waals surface area contributed by atoms with Gasteiger partial charge >= 0.3 is 0 Å². The Morgan fingerprint density at radius 3 is 3.10 bits per heavy atom. The molecule has 108 valence electrons. The summed E-state index contributed by atoms with van der Waals surface area (Å²) in [6.45, 7) is 2.27. The van der Waals surface area contributed by atoms with Crippen LogP contribution in [-0.4, -0.2) is 38.8 Å². The number of fused-ring (bicyclic) bond motifs is 1. The van der Waals surface area contributed by atoms with Crippen molar-refractivity contribution in [1.29, 1.82) is 0 Å². The van der Waals surface area contributed by atoms with Gasteiger partial charge in [0.2, 0.25) is 5.91 Å². The van der Waals surface area contributed by atoms with Crippen LogP contribution in [-0.2, 0) is 11.2 Å². The fraction of sp³-hybridized carbons (Fsp3) is 0.267. The van der Waals surface area contributed by atoms with Gasteiger partial charge in [0, 0.05) is 38.5 Å². The highest BCUT2D eigenvalue weighted by molar-refractivity contribution is 7.09. The van der Waals surface area contributed by atoms with Crippen LogP contribution in [0.2, 0.25) is 0 Å². The van der Waals surface area contributed by atoms with Crippen molar-refractivity contribution in [3.05, 3.63) is 41.0 Å². The molecule has 0 unspecified atom stereocenters. The third-order valence-electron chi connectivity index (χ3n) is 3.43. The number of thiazole rings is 1. The third-order valence-corrected chi connectivity index (χ3v) is 4.34. The highest BCUT2D eigenvalue weighted by atomic mass is 32.1. The molecule has 3 aromatic heterocycles. The molecule has 0 atom stereocenters. The van der Waals surface area contributed by atoms with E-state index in [-0.39, 0.29) is 5.91 Å². The Labute approximate surface area is 126 Å². The van der Waals surface area contributed by atoms with Gasteiger partial charge in [-0.2, -0.15) is 0 Å². The first-order valence-electron chi connectivity index (χ1n) is 6.74. The number of amides is 1. The molecule has 0 aromatic carbocycles. The number of carbonyl (C=O) groups is 1. The van der Waals surface area contributed by atoms with E-state index in [1.165, 1.54) is 0 Å². The van der Waals surface area contributed by atoms with Crippen LogP contribution >= 0.6 is 11.3 Å². The van der Waals surface area contributed by atoms with Crippen molar-refractivity contribution in [1.82, 2.24) is 19.3 Å². The molecular formula is C15H16N4OS. The average Bonchev–Trinajstić information content (AvgIpc) is 3.10. The third kappa shape index (κ3) is 2.80. The summed E-state index contributed by atoms with van der Waals surface area (Å²) in [5.41, 5.74) is 2.84. The first-order chi connectivity index (χ1) is 10.1. The minimum Gasteiger partial charge on any atom is -0.346 e. The molecule has 0 fully saturated rings. The molecular weight excluding hydrogens is 284 g/mol. The average molecular weight is 300 g/mol. The number of hydrogen-bond donors (Lipinski definition) is 0. The van der Waals surface area contributed by atoms with E-state index in [0.717, 1.165) is 28.5 Å². The summed E-state index contributed by atoms with van der Waals surface area (Å²) >= 11 is 1.62. The standard InChI is InChI=1S/C15H16N4OS/c1-11(20)18(2)8-6-15-17-12(10-21-15)13-9-16-14-5-3-4-7-19(13)14/h3-5,7,9-10H,6,8H2,1-2H3. The van der Waals surface area contributed by atoms with Gasteiger partial charge in [-0.25, -0.2) is 9.97 Å². The Morgan fingerprint density at radius 2 is 2.29 bits per heavy atom. The van der Waals surface area contributed by atoms with Crippen LogP contribution in [0.4, 0.5) is 0 Å². The van der Waals surface area contributed by atoms with Gasteiger partial charge in [0.15, 0.2) is 0 Å². The fourth-order valence-electron chi connectivity index (χ4n) is 2.09. The molecule has 0 saturated heterocycles.